The molecule has 0 saturated carbocycles. The summed E-state index contributed by atoms with van der Waals surface area (Å²) in [5.74, 6) is -1.04. The van der Waals surface area contributed by atoms with E-state index in [0.717, 1.165) is 0 Å². The fraction of sp³-hybridized carbons (Fsp3) is 0.235. The lowest BCUT2D eigenvalue weighted by atomic mass is 9.95. The average Bonchev–Trinajstić information content (AvgIpc) is 2.98. The van der Waals surface area contributed by atoms with E-state index in [1.165, 1.54) is 48.5 Å². The lowest BCUT2D eigenvalue weighted by Crippen LogP contribution is -2.18. The number of benzene rings is 5. The van der Waals surface area contributed by atoms with Gasteiger partial charge in [0.2, 0.25) is 0 Å². The van der Waals surface area contributed by atoms with Crippen molar-refractivity contribution in [1.29, 1.82) is 0 Å². The van der Waals surface area contributed by atoms with Crippen molar-refractivity contribution in [2.24, 2.45) is 0 Å². The molecule has 44 heavy (non-hydrogen) atoms. The fourth-order valence-corrected chi connectivity index (χ4v) is 5.61. The molecule has 5 aromatic rings. The number of phenolic OH excluding ortho intramolecular Hbond substituents is 8. The van der Waals surface area contributed by atoms with Gasteiger partial charge in [-0.2, -0.15) is 0 Å². The predicted molar refractivity (Wildman–Crippen MR) is 170 cm³/mol. The Balaban J connectivity index is 1.51. The van der Waals surface area contributed by atoms with E-state index >= 15 is 0 Å². The number of nitrogens with one attached hydrogen (secondary N) is 2. The molecule has 0 spiro atoms. The van der Waals surface area contributed by atoms with Crippen molar-refractivity contribution in [3.05, 3.63) is 71.8 Å². The van der Waals surface area contributed by atoms with Crippen LogP contribution in [0.3, 0.4) is 0 Å². The second-order valence-corrected chi connectivity index (χ2v) is 11.3. The zero-order valence-corrected chi connectivity index (χ0v) is 24.3. The molecule has 0 aliphatic rings. The molecule has 0 radical (unpaired) electrons. The first-order chi connectivity index (χ1) is 20.9. The van der Waals surface area contributed by atoms with Crippen LogP contribution in [0.4, 0.5) is 11.4 Å². The molecule has 0 aliphatic carbocycles. The number of aryl methyl sites for hydroxylation is 2. The van der Waals surface area contributed by atoms with Crippen LogP contribution in [0.25, 0.3) is 21.5 Å². The molecule has 0 bridgehead atoms. The van der Waals surface area contributed by atoms with Crippen LogP contribution in [-0.4, -0.2) is 52.9 Å². The van der Waals surface area contributed by atoms with E-state index in [-0.39, 0.29) is 79.6 Å². The Labute approximate surface area is 253 Å². The highest BCUT2D eigenvalue weighted by molar-refractivity contribution is 6.21. The molecular weight excluding hydrogens is 564 g/mol. The Hall–Kier alpha value is -5.38. The van der Waals surface area contributed by atoms with E-state index < -0.39 is 0 Å². The van der Waals surface area contributed by atoms with Gasteiger partial charge in [0, 0.05) is 23.5 Å². The molecule has 0 fully saturated rings. The van der Waals surface area contributed by atoms with Crippen LogP contribution < -0.4 is 10.6 Å². The molecule has 0 aromatic heterocycles. The van der Waals surface area contributed by atoms with Crippen molar-refractivity contribution in [3.63, 3.8) is 0 Å². The minimum absolute atomic E-state index is 0.0516. The van der Waals surface area contributed by atoms with Gasteiger partial charge < -0.3 is 51.5 Å². The zero-order chi connectivity index (χ0) is 31.7. The average molecular weight is 601 g/mol. The molecule has 5 aromatic carbocycles. The van der Waals surface area contributed by atoms with Crippen LogP contribution in [0.2, 0.25) is 0 Å². The lowest BCUT2D eigenvalue weighted by molar-refractivity contribution is 0.451. The Morgan fingerprint density at radius 2 is 0.841 bits per heavy atom. The molecule has 5 rings (SSSR count). The maximum Gasteiger partial charge on any atom is 0.137 e. The van der Waals surface area contributed by atoms with Gasteiger partial charge in [0.05, 0.1) is 21.5 Å². The number of aromatic hydroxyl groups is 8. The quantitative estimate of drug-likeness (QED) is 0.0626. The molecule has 0 aliphatic heterocycles. The second kappa shape index (κ2) is 12.1. The van der Waals surface area contributed by atoms with Crippen LogP contribution in [0.1, 0.15) is 37.8 Å². The highest BCUT2D eigenvalue weighted by Gasteiger charge is 2.24. The molecule has 10 N–H and O–H groups in total. The Morgan fingerprint density at radius 1 is 0.477 bits per heavy atom. The van der Waals surface area contributed by atoms with E-state index in [2.05, 4.69) is 10.6 Å². The third-order valence-corrected chi connectivity index (χ3v) is 7.94. The topological polar surface area (TPSA) is 186 Å². The summed E-state index contributed by atoms with van der Waals surface area (Å²) in [7, 11) is 0. The standard InChI is InChI=1S/C34H36N2O8/c1-17(3-5-19-15-21(37)7-11-25(19)39)35-23-9-10-24(36-18(2)4-6-20-16-22(38)8-12-26(20)40)30-29(23)33(43)31-27(41)13-14-28(42)32(31)34(30)44/h7-18,35-44H,3-6H2,1-2H3. The largest absolute Gasteiger partial charge is 0.508 e. The zero-order valence-electron chi connectivity index (χ0n) is 24.3. The molecule has 10 nitrogen and oxygen atoms in total. The van der Waals surface area contributed by atoms with Gasteiger partial charge in [0.15, 0.2) is 0 Å². The summed E-state index contributed by atoms with van der Waals surface area (Å²) < 4.78 is 0. The minimum atomic E-state index is -0.331. The summed E-state index contributed by atoms with van der Waals surface area (Å²) in [6.45, 7) is 3.83. The van der Waals surface area contributed by atoms with Crippen molar-refractivity contribution in [2.75, 3.05) is 10.6 Å². The number of anilines is 2. The summed E-state index contributed by atoms with van der Waals surface area (Å²) in [5.41, 5.74) is 2.10. The van der Waals surface area contributed by atoms with Crippen molar-refractivity contribution in [3.8, 4) is 46.0 Å². The number of hydrogen-bond acceptors (Lipinski definition) is 10. The summed E-state index contributed by atoms with van der Waals surface area (Å²) in [4.78, 5) is 0. The van der Waals surface area contributed by atoms with Crippen molar-refractivity contribution >= 4 is 32.9 Å². The van der Waals surface area contributed by atoms with Crippen molar-refractivity contribution < 1.29 is 40.9 Å². The number of fused-ring (bicyclic) bond motifs is 2. The van der Waals surface area contributed by atoms with E-state index in [1.807, 2.05) is 13.8 Å². The van der Waals surface area contributed by atoms with Gasteiger partial charge >= 0.3 is 0 Å². The van der Waals surface area contributed by atoms with Gasteiger partial charge in [0.1, 0.15) is 46.0 Å². The third-order valence-electron chi connectivity index (χ3n) is 7.94. The number of rotatable bonds is 10. The monoisotopic (exact) mass is 600 g/mol. The highest BCUT2D eigenvalue weighted by Crippen LogP contribution is 2.52. The Bertz CT molecular complexity index is 1720. The summed E-state index contributed by atoms with van der Waals surface area (Å²) in [6.07, 6.45) is 1.99. The van der Waals surface area contributed by atoms with Crippen molar-refractivity contribution in [2.45, 2.75) is 51.6 Å². The molecule has 0 saturated heterocycles. The van der Waals surface area contributed by atoms with Crippen LogP contribution >= 0.6 is 0 Å². The van der Waals surface area contributed by atoms with Crippen LogP contribution in [0, 0.1) is 0 Å². The summed E-state index contributed by atoms with van der Waals surface area (Å²) in [5, 5.41) is 91.2. The van der Waals surface area contributed by atoms with Crippen LogP contribution in [0.5, 0.6) is 46.0 Å². The van der Waals surface area contributed by atoms with Crippen LogP contribution in [-0.2, 0) is 12.8 Å². The summed E-state index contributed by atoms with van der Waals surface area (Å²) in [6, 6.07) is 14.3. The van der Waals surface area contributed by atoms with Gasteiger partial charge in [-0.1, -0.05) is 0 Å². The summed E-state index contributed by atoms with van der Waals surface area (Å²) >= 11 is 0. The molecule has 0 heterocycles. The maximum absolute atomic E-state index is 11.5. The smallest absolute Gasteiger partial charge is 0.137 e. The first-order valence-corrected chi connectivity index (χ1v) is 14.3. The third kappa shape index (κ3) is 5.92. The van der Waals surface area contributed by atoms with E-state index in [0.29, 0.717) is 48.2 Å². The second-order valence-electron chi connectivity index (χ2n) is 11.3. The maximum atomic E-state index is 11.5. The molecule has 0 amide bonds. The van der Waals surface area contributed by atoms with E-state index in [9.17, 15) is 40.9 Å². The number of phenols is 8. The minimum Gasteiger partial charge on any atom is -0.508 e. The first kappa shape index (κ1) is 30.1. The Kier molecular flexibility index (Phi) is 8.26. The van der Waals surface area contributed by atoms with Gasteiger partial charge in [0.25, 0.3) is 0 Å². The lowest BCUT2D eigenvalue weighted by Gasteiger charge is -2.23. The first-order valence-electron chi connectivity index (χ1n) is 14.3. The highest BCUT2D eigenvalue weighted by atomic mass is 16.3. The normalized spacial score (nSPS) is 12.8. The van der Waals surface area contributed by atoms with Gasteiger partial charge in [-0.25, -0.2) is 0 Å². The molecular formula is C34H36N2O8. The molecule has 10 heteroatoms. The fourth-order valence-electron chi connectivity index (χ4n) is 5.61. The molecule has 2 atom stereocenters. The van der Waals surface area contributed by atoms with Crippen molar-refractivity contribution in [1.82, 2.24) is 0 Å². The van der Waals surface area contributed by atoms with Gasteiger partial charge in [-0.3, -0.25) is 0 Å². The molecule has 2 unspecified atom stereocenters. The SMILES string of the molecule is CC(CCc1cc(O)ccc1O)Nc1ccc(NC(C)CCc2cc(O)ccc2O)c2c(O)c3c(O)ccc(O)c3c(O)c12. The van der Waals surface area contributed by atoms with Crippen LogP contribution in [0.15, 0.2) is 60.7 Å². The Morgan fingerprint density at radius 3 is 1.23 bits per heavy atom. The predicted octanol–water partition coefficient (Wildman–Crippen LogP) is 6.50. The van der Waals surface area contributed by atoms with E-state index in [4.69, 9.17) is 0 Å². The molecule has 230 valence electrons. The van der Waals surface area contributed by atoms with E-state index in [1.54, 1.807) is 12.1 Å². The van der Waals surface area contributed by atoms with Gasteiger partial charge in [-0.05, 0) is 111 Å². The number of hydrogen-bond donors (Lipinski definition) is 10. The van der Waals surface area contributed by atoms with Gasteiger partial charge in [-0.15, -0.1) is 0 Å².